The van der Waals surface area contributed by atoms with Gasteiger partial charge in [-0.3, -0.25) is 0 Å². The van der Waals surface area contributed by atoms with E-state index >= 15 is 0 Å². The van der Waals surface area contributed by atoms with Crippen LogP contribution in [0.4, 0.5) is 0 Å². The van der Waals surface area contributed by atoms with E-state index in [-0.39, 0.29) is 0 Å². The van der Waals surface area contributed by atoms with Gasteiger partial charge in [0.1, 0.15) is 24.8 Å². The van der Waals surface area contributed by atoms with E-state index < -0.39 is 0 Å². The third-order valence-corrected chi connectivity index (χ3v) is 1.91. The Bertz CT molecular complexity index is 412. The Balaban J connectivity index is 2.17. The molecule has 0 aromatic carbocycles. The molecule has 0 atom stereocenters. The largest absolute Gasteiger partial charge is 0.411 e. The molecule has 0 saturated heterocycles. The molecule has 0 radical (unpaired) electrons. The first-order valence-electron chi connectivity index (χ1n) is 4.68. The van der Waals surface area contributed by atoms with Gasteiger partial charge in [0, 0.05) is 0 Å². The summed E-state index contributed by atoms with van der Waals surface area (Å²) in [6.07, 6.45) is 6.92. The molecular formula is C9H12N4O. The Morgan fingerprint density at radius 1 is 1.43 bits per heavy atom. The quantitative estimate of drug-likeness (QED) is 0.679. The van der Waals surface area contributed by atoms with Gasteiger partial charge in [-0.1, -0.05) is 13.3 Å². The van der Waals surface area contributed by atoms with Crippen LogP contribution in [0.1, 0.15) is 19.8 Å². The van der Waals surface area contributed by atoms with E-state index in [1.54, 1.807) is 17.3 Å². The van der Waals surface area contributed by atoms with E-state index in [2.05, 4.69) is 21.9 Å². The SMILES string of the molecule is CCCCOn1cnc2cncnc21. The molecule has 0 aliphatic carbocycles. The van der Waals surface area contributed by atoms with Crippen molar-refractivity contribution in [3.8, 4) is 0 Å². The second kappa shape index (κ2) is 4.04. The van der Waals surface area contributed by atoms with Crippen molar-refractivity contribution in [1.82, 2.24) is 19.7 Å². The minimum absolute atomic E-state index is 0.686. The Morgan fingerprint density at radius 2 is 2.36 bits per heavy atom. The maximum atomic E-state index is 5.46. The van der Waals surface area contributed by atoms with Crippen molar-refractivity contribution in [2.45, 2.75) is 19.8 Å². The average molecular weight is 192 g/mol. The number of nitrogens with zero attached hydrogens (tertiary/aromatic N) is 4. The second-order valence-corrected chi connectivity index (χ2v) is 2.99. The molecule has 0 saturated carbocycles. The highest BCUT2D eigenvalue weighted by molar-refractivity contribution is 5.68. The predicted octanol–water partition coefficient (Wildman–Crippen LogP) is 1.06. The molecule has 0 aliphatic heterocycles. The normalized spacial score (nSPS) is 10.6. The van der Waals surface area contributed by atoms with Gasteiger partial charge in [0.05, 0.1) is 6.20 Å². The van der Waals surface area contributed by atoms with Gasteiger partial charge < -0.3 is 4.84 Å². The number of aromatic nitrogens is 4. The third kappa shape index (κ3) is 1.66. The van der Waals surface area contributed by atoms with Crippen molar-refractivity contribution in [2.24, 2.45) is 0 Å². The zero-order chi connectivity index (χ0) is 9.80. The average Bonchev–Trinajstić information content (AvgIpc) is 2.63. The zero-order valence-corrected chi connectivity index (χ0v) is 8.05. The van der Waals surface area contributed by atoms with Crippen LogP contribution < -0.4 is 4.84 Å². The molecule has 0 fully saturated rings. The summed E-state index contributed by atoms with van der Waals surface area (Å²) >= 11 is 0. The van der Waals surface area contributed by atoms with Crippen LogP contribution in [0.2, 0.25) is 0 Å². The summed E-state index contributed by atoms with van der Waals surface area (Å²) in [7, 11) is 0. The molecular weight excluding hydrogens is 180 g/mol. The van der Waals surface area contributed by atoms with Gasteiger partial charge in [-0.15, -0.1) is 0 Å². The molecule has 2 aromatic heterocycles. The van der Waals surface area contributed by atoms with Crippen LogP contribution in [0, 0.1) is 0 Å². The van der Waals surface area contributed by atoms with E-state index in [0.29, 0.717) is 6.61 Å². The molecule has 0 N–H and O–H groups in total. The Hall–Kier alpha value is -1.65. The number of hydrogen-bond acceptors (Lipinski definition) is 4. The molecule has 2 heterocycles. The molecule has 0 amide bonds. The fourth-order valence-electron chi connectivity index (χ4n) is 1.15. The van der Waals surface area contributed by atoms with E-state index in [1.165, 1.54) is 6.33 Å². The number of rotatable bonds is 4. The fourth-order valence-corrected chi connectivity index (χ4v) is 1.15. The van der Waals surface area contributed by atoms with Crippen molar-refractivity contribution < 1.29 is 4.84 Å². The van der Waals surface area contributed by atoms with Crippen LogP contribution in [0.5, 0.6) is 0 Å². The summed E-state index contributed by atoms with van der Waals surface area (Å²) in [5, 5.41) is 0. The lowest BCUT2D eigenvalue weighted by Crippen LogP contribution is -2.11. The highest BCUT2D eigenvalue weighted by atomic mass is 16.7. The van der Waals surface area contributed by atoms with Gasteiger partial charge in [-0.05, 0) is 6.42 Å². The zero-order valence-electron chi connectivity index (χ0n) is 8.05. The molecule has 0 unspecified atom stereocenters. The summed E-state index contributed by atoms with van der Waals surface area (Å²) in [6.45, 7) is 2.81. The monoisotopic (exact) mass is 192 g/mol. The molecule has 5 heteroatoms. The lowest BCUT2D eigenvalue weighted by molar-refractivity contribution is 0.115. The van der Waals surface area contributed by atoms with Crippen molar-refractivity contribution in [3.05, 3.63) is 18.9 Å². The van der Waals surface area contributed by atoms with E-state index in [1.807, 2.05) is 0 Å². The van der Waals surface area contributed by atoms with Crippen molar-refractivity contribution >= 4 is 11.2 Å². The lowest BCUT2D eigenvalue weighted by atomic mass is 10.4. The maximum Gasteiger partial charge on any atom is 0.198 e. The molecule has 0 bridgehead atoms. The fraction of sp³-hybridized carbons (Fsp3) is 0.444. The molecule has 2 rings (SSSR count). The van der Waals surface area contributed by atoms with Crippen LogP contribution in [0.25, 0.3) is 11.2 Å². The van der Waals surface area contributed by atoms with Crippen LogP contribution >= 0.6 is 0 Å². The highest BCUT2D eigenvalue weighted by Gasteiger charge is 2.02. The molecule has 74 valence electrons. The smallest absolute Gasteiger partial charge is 0.198 e. The minimum Gasteiger partial charge on any atom is -0.411 e. The van der Waals surface area contributed by atoms with Gasteiger partial charge in [-0.25, -0.2) is 15.0 Å². The molecule has 0 spiro atoms. The van der Waals surface area contributed by atoms with Crippen molar-refractivity contribution in [3.63, 3.8) is 0 Å². The van der Waals surface area contributed by atoms with Gasteiger partial charge >= 0.3 is 0 Å². The number of hydrogen-bond donors (Lipinski definition) is 0. The lowest BCUT2D eigenvalue weighted by Gasteiger charge is -2.04. The summed E-state index contributed by atoms with van der Waals surface area (Å²) in [4.78, 5) is 17.5. The minimum atomic E-state index is 0.686. The predicted molar refractivity (Wildman–Crippen MR) is 51.7 cm³/mol. The summed E-state index contributed by atoms with van der Waals surface area (Å²) in [5.74, 6) is 0. The van der Waals surface area contributed by atoms with Gasteiger partial charge in [0.25, 0.3) is 0 Å². The highest BCUT2D eigenvalue weighted by Crippen LogP contribution is 2.05. The standard InChI is InChI=1S/C9H12N4O/c1-2-3-4-14-13-7-12-8-5-10-6-11-9(8)13/h5-7H,2-4H2,1H3. The summed E-state index contributed by atoms with van der Waals surface area (Å²) in [6, 6.07) is 0. The van der Waals surface area contributed by atoms with Crippen LogP contribution in [0.3, 0.4) is 0 Å². The summed E-state index contributed by atoms with van der Waals surface area (Å²) < 4.78 is 1.59. The molecule has 5 nitrogen and oxygen atoms in total. The van der Waals surface area contributed by atoms with Crippen molar-refractivity contribution in [2.75, 3.05) is 6.61 Å². The molecule has 0 aliphatic rings. The topological polar surface area (TPSA) is 52.8 Å². The van der Waals surface area contributed by atoms with E-state index in [9.17, 15) is 0 Å². The van der Waals surface area contributed by atoms with Crippen LogP contribution in [-0.4, -0.2) is 26.3 Å². The Labute approximate surface area is 81.7 Å². The first-order chi connectivity index (χ1) is 6.92. The number of unbranched alkanes of at least 4 members (excludes halogenated alkanes) is 1. The van der Waals surface area contributed by atoms with Gasteiger partial charge in [0.2, 0.25) is 0 Å². The molecule has 2 aromatic rings. The Morgan fingerprint density at radius 3 is 3.21 bits per heavy atom. The van der Waals surface area contributed by atoms with Gasteiger partial charge in [0.15, 0.2) is 5.65 Å². The van der Waals surface area contributed by atoms with E-state index in [4.69, 9.17) is 4.84 Å². The molecule has 14 heavy (non-hydrogen) atoms. The van der Waals surface area contributed by atoms with E-state index in [0.717, 1.165) is 24.0 Å². The third-order valence-electron chi connectivity index (χ3n) is 1.91. The summed E-state index contributed by atoms with van der Waals surface area (Å²) in [5.41, 5.74) is 1.47. The number of fused-ring (bicyclic) bond motifs is 1. The first-order valence-corrected chi connectivity index (χ1v) is 4.68. The van der Waals surface area contributed by atoms with Crippen LogP contribution in [0.15, 0.2) is 18.9 Å². The number of imidazole rings is 1. The Kier molecular flexibility index (Phi) is 2.58. The van der Waals surface area contributed by atoms with Crippen molar-refractivity contribution in [1.29, 1.82) is 0 Å². The van der Waals surface area contributed by atoms with Gasteiger partial charge in [-0.2, -0.15) is 4.73 Å². The van der Waals surface area contributed by atoms with Crippen LogP contribution in [-0.2, 0) is 0 Å². The second-order valence-electron chi connectivity index (χ2n) is 2.99. The maximum absolute atomic E-state index is 5.46. The first kappa shape index (κ1) is 8.93.